The van der Waals surface area contributed by atoms with E-state index in [0.717, 1.165) is 29.9 Å². The topological polar surface area (TPSA) is 83.9 Å². The highest BCUT2D eigenvalue weighted by atomic mass is 16.5. The highest BCUT2D eigenvalue weighted by Crippen LogP contribution is 2.36. The molecule has 9 heteroatoms. The Morgan fingerprint density at radius 2 is 1.83 bits per heavy atom. The summed E-state index contributed by atoms with van der Waals surface area (Å²) in [5, 5.41) is 6.28. The Hall–Kier alpha value is -3.43. The summed E-state index contributed by atoms with van der Waals surface area (Å²) >= 11 is 0. The smallest absolute Gasteiger partial charge is 0.262 e. The Morgan fingerprint density at radius 3 is 2.50 bits per heavy atom. The Bertz CT molecular complexity index is 1080. The maximum absolute atomic E-state index is 13.6. The number of rotatable bonds is 9. The second-order valence-corrected chi connectivity index (χ2v) is 8.88. The van der Waals surface area contributed by atoms with Crippen LogP contribution in [0.2, 0.25) is 0 Å². The fourth-order valence-electron chi connectivity index (χ4n) is 4.55. The van der Waals surface area contributed by atoms with Gasteiger partial charge in [-0.2, -0.15) is 5.10 Å². The van der Waals surface area contributed by atoms with Crippen LogP contribution in [-0.2, 0) is 14.3 Å². The minimum atomic E-state index is -0.270. The quantitative estimate of drug-likeness (QED) is 0.533. The molecule has 0 aliphatic carbocycles. The van der Waals surface area contributed by atoms with Crippen LogP contribution in [0.1, 0.15) is 30.5 Å². The highest BCUT2D eigenvalue weighted by molar-refractivity contribution is 6.05. The van der Waals surface area contributed by atoms with Gasteiger partial charge in [-0.25, -0.2) is 5.01 Å². The molecule has 192 valence electrons. The average molecular weight is 495 g/mol. The second kappa shape index (κ2) is 12.0. The molecule has 9 nitrogen and oxygen atoms in total. The molecule has 2 amide bonds. The standard InChI is InChI=1S/C27H34N4O5/c1-20(32)30(12-11-29-13-15-36-16-14-29)19-27(33)31-25(21-7-5-4-6-8-21)18-24(28-31)23-10-9-22(34-2)17-26(23)35-3/h4-10,17,25H,11-16,18-19H2,1-3H3/t25-/m1/s1. The summed E-state index contributed by atoms with van der Waals surface area (Å²) in [6.45, 7) is 5.71. The highest BCUT2D eigenvalue weighted by Gasteiger charge is 2.35. The average Bonchev–Trinajstić information content (AvgIpc) is 3.37. The number of amides is 2. The number of ether oxygens (including phenoxy) is 3. The Morgan fingerprint density at radius 1 is 1.08 bits per heavy atom. The van der Waals surface area contributed by atoms with Gasteiger partial charge in [0.1, 0.15) is 18.0 Å². The van der Waals surface area contributed by atoms with Crippen LogP contribution in [-0.4, -0.2) is 92.5 Å². The van der Waals surface area contributed by atoms with Crippen molar-refractivity contribution in [3.8, 4) is 11.5 Å². The van der Waals surface area contributed by atoms with E-state index in [1.807, 2.05) is 48.5 Å². The fourth-order valence-corrected chi connectivity index (χ4v) is 4.55. The van der Waals surface area contributed by atoms with Crippen LogP contribution < -0.4 is 9.47 Å². The molecule has 2 aromatic rings. The van der Waals surface area contributed by atoms with Crippen LogP contribution in [0.5, 0.6) is 11.5 Å². The zero-order valence-electron chi connectivity index (χ0n) is 21.2. The van der Waals surface area contributed by atoms with Crippen molar-refractivity contribution in [1.29, 1.82) is 0 Å². The molecule has 36 heavy (non-hydrogen) atoms. The molecule has 2 aromatic carbocycles. The minimum Gasteiger partial charge on any atom is -0.497 e. The summed E-state index contributed by atoms with van der Waals surface area (Å²) < 4.78 is 16.3. The summed E-state index contributed by atoms with van der Waals surface area (Å²) in [5.41, 5.74) is 2.55. The molecule has 0 bridgehead atoms. The van der Waals surface area contributed by atoms with Gasteiger partial charge in [-0.05, 0) is 17.7 Å². The van der Waals surface area contributed by atoms with Gasteiger partial charge in [-0.3, -0.25) is 14.5 Å². The molecule has 0 spiro atoms. The summed E-state index contributed by atoms with van der Waals surface area (Å²) in [4.78, 5) is 29.8. The molecule has 0 unspecified atom stereocenters. The number of benzene rings is 2. The van der Waals surface area contributed by atoms with Gasteiger partial charge >= 0.3 is 0 Å². The zero-order valence-corrected chi connectivity index (χ0v) is 21.2. The lowest BCUT2D eigenvalue weighted by Crippen LogP contribution is -2.45. The molecule has 1 atom stereocenters. The van der Waals surface area contributed by atoms with Crippen LogP contribution in [0.25, 0.3) is 0 Å². The maximum Gasteiger partial charge on any atom is 0.262 e. The monoisotopic (exact) mass is 494 g/mol. The lowest BCUT2D eigenvalue weighted by atomic mass is 9.98. The molecule has 0 aromatic heterocycles. The number of morpholine rings is 1. The lowest BCUT2D eigenvalue weighted by molar-refractivity contribution is -0.140. The molecule has 2 aliphatic rings. The van der Waals surface area contributed by atoms with Gasteiger partial charge in [0.05, 0.1) is 39.2 Å². The molecular formula is C27H34N4O5. The van der Waals surface area contributed by atoms with Crippen molar-refractivity contribution in [2.75, 3.05) is 60.2 Å². The van der Waals surface area contributed by atoms with Gasteiger partial charge in [0.2, 0.25) is 5.91 Å². The molecule has 2 aliphatic heterocycles. The molecule has 1 saturated heterocycles. The molecular weight excluding hydrogens is 460 g/mol. The van der Waals surface area contributed by atoms with Gasteiger partial charge in [0.15, 0.2) is 0 Å². The first kappa shape index (κ1) is 25.7. The van der Waals surface area contributed by atoms with E-state index in [-0.39, 0.29) is 24.4 Å². The van der Waals surface area contributed by atoms with Crippen LogP contribution in [0.15, 0.2) is 53.6 Å². The van der Waals surface area contributed by atoms with E-state index in [1.165, 1.54) is 11.9 Å². The third-order valence-corrected chi connectivity index (χ3v) is 6.63. The molecule has 0 N–H and O–H groups in total. The lowest BCUT2D eigenvalue weighted by Gasteiger charge is -2.30. The molecule has 0 radical (unpaired) electrons. The van der Waals surface area contributed by atoms with E-state index in [9.17, 15) is 9.59 Å². The van der Waals surface area contributed by atoms with Gasteiger partial charge in [-0.15, -0.1) is 0 Å². The minimum absolute atomic E-state index is 0.0282. The molecule has 2 heterocycles. The van der Waals surface area contributed by atoms with E-state index >= 15 is 0 Å². The van der Waals surface area contributed by atoms with Crippen molar-refractivity contribution in [2.24, 2.45) is 5.10 Å². The number of nitrogens with zero attached hydrogens (tertiary/aromatic N) is 4. The van der Waals surface area contributed by atoms with Gasteiger partial charge < -0.3 is 19.1 Å². The third-order valence-electron chi connectivity index (χ3n) is 6.63. The zero-order chi connectivity index (χ0) is 25.5. The van der Waals surface area contributed by atoms with E-state index in [2.05, 4.69) is 4.90 Å². The van der Waals surface area contributed by atoms with E-state index in [0.29, 0.717) is 44.2 Å². The Balaban J connectivity index is 1.56. The number of hydrazone groups is 1. The van der Waals surface area contributed by atoms with Crippen molar-refractivity contribution < 1.29 is 23.8 Å². The van der Waals surface area contributed by atoms with Crippen LogP contribution in [0, 0.1) is 0 Å². The number of methoxy groups -OCH3 is 2. The largest absolute Gasteiger partial charge is 0.497 e. The predicted molar refractivity (Wildman–Crippen MR) is 136 cm³/mol. The normalized spacial score (nSPS) is 18.0. The van der Waals surface area contributed by atoms with E-state index in [1.54, 1.807) is 19.1 Å². The summed E-state index contributed by atoms with van der Waals surface area (Å²) in [7, 11) is 3.21. The summed E-state index contributed by atoms with van der Waals surface area (Å²) in [5.74, 6) is 0.959. The number of hydrogen-bond donors (Lipinski definition) is 0. The first-order valence-electron chi connectivity index (χ1n) is 12.2. The van der Waals surface area contributed by atoms with Crippen LogP contribution in [0.3, 0.4) is 0 Å². The predicted octanol–water partition coefficient (Wildman–Crippen LogP) is 2.56. The number of carbonyl (C=O) groups is 2. The van der Waals surface area contributed by atoms with Crippen molar-refractivity contribution >= 4 is 17.5 Å². The molecule has 1 fully saturated rings. The third kappa shape index (κ3) is 6.03. The molecule has 0 saturated carbocycles. The SMILES string of the molecule is COc1ccc(C2=NN(C(=O)CN(CCN3CCOCC3)C(C)=O)[C@@H](c3ccccc3)C2)c(OC)c1. The summed E-state index contributed by atoms with van der Waals surface area (Å²) in [6.07, 6.45) is 0.534. The Labute approximate surface area is 212 Å². The Kier molecular flexibility index (Phi) is 8.56. The van der Waals surface area contributed by atoms with Gasteiger partial charge in [0.25, 0.3) is 5.91 Å². The fraction of sp³-hybridized carbons (Fsp3) is 0.444. The van der Waals surface area contributed by atoms with Crippen molar-refractivity contribution in [3.63, 3.8) is 0 Å². The van der Waals surface area contributed by atoms with Crippen molar-refractivity contribution in [1.82, 2.24) is 14.8 Å². The second-order valence-electron chi connectivity index (χ2n) is 8.88. The van der Waals surface area contributed by atoms with Gasteiger partial charge in [0, 0.05) is 51.2 Å². The number of hydrogen-bond acceptors (Lipinski definition) is 7. The first-order valence-corrected chi connectivity index (χ1v) is 12.2. The van der Waals surface area contributed by atoms with E-state index < -0.39 is 0 Å². The summed E-state index contributed by atoms with van der Waals surface area (Å²) in [6, 6.07) is 15.1. The molecule has 4 rings (SSSR count). The van der Waals surface area contributed by atoms with Crippen molar-refractivity contribution in [2.45, 2.75) is 19.4 Å². The maximum atomic E-state index is 13.6. The number of carbonyl (C=O) groups excluding carboxylic acids is 2. The first-order chi connectivity index (χ1) is 17.5. The van der Waals surface area contributed by atoms with E-state index in [4.69, 9.17) is 19.3 Å². The van der Waals surface area contributed by atoms with Crippen molar-refractivity contribution in [3.05, 3.63) is 59.7 Å². The van der Waals surface area contributed by atoms with Crippen LogP contribution >= 0.6 is 0 Å². The van der Waals surface area contributed by atoms with Gasteiger partial charge in [-0.1, -0.05) is 30.3 Å². The van der Waals surface area contributed by atoms with Crippen LogP contribution in [0.4, 0.5) is 0 Å².